The lowest BCUT2D eigenvalue weighted by Crippen LogP contribution is -2.26. The summed E-state index contributed by atoms with van der Waals surface area (Å²) in [6, 6.07) is 25.4. The molecule has 0 saturated carbocycles. The van der Waals surface area contributed by atoms with E-state index in [4.69, 9.17) is 14.6 Å². The zero-order valence-corrected chi connectivity index (χ0v) is 18.2. The number of rotatable bonds is 4. The van der Waals surface area contributed by atoms with Gasteiger partial charge in [-0.1, -0.05) is 48.5 Å². The van der Waals surface area contributed by atoms with E-state index in [1.165, 1.54) is 32.7 Å². The van der Waals surface area contributed by atoms with Gasteiger partial charge in [0.2, 0.25) is 10.0 Å². The summed E-state index contributed by atoms with van der Waals surface area (Å²) in [5, 5.41) is 6.48. The Labute approximate surface area is 185 Å². The summed E-state index contributed by atoms with van der Waals surface area (Å²) < 4.78 is 37.0. The second kappa shape index (κ2) is 8.00. The van der Waals surface area contributed by atoms with Crippen molar-refractivity contribution in [3.05, 3.63) is 89.3 Å². The van der Waals surface area contributed by atoms with Crippen LogP contribution < -0.4 is 14.6 Å². The van der Waals surface area contributed by atoms with Crippen molar-refractivity contribution in [2.45, 2.75) is 23.3 Å². The molecule has 0 radical (unpaired) electrons. The lowest BCUT2D eigenvalue weighted by atomic mass is 9.90. The maximum Gasteiger partial charge on any atom is 0.238 e. The summed E-state index contributed by atoms with van der Waals surface area (Å²) in [6.45, 7) is 0.417. The van der Waals surface area contributed by atoms with Crippen LogP contribution in [0.5, 0.6) is 11.5 Å². The highest BCUT2D eigenvalue weighted by atomic mass is 32.2. The number of primary sulfonamides is 1. The fourth-order valence-corrected chi connectivity index (χ4v) is 5.77. The first-order chi connectivity index (χ1) is 15.0. The number of benzene rings is 3. The highest BCUT2D eigenvalue weighted by Crippen LogP contribution is 2.42. The van der Waals surface area contributed by atoms with E-state index in [0.29, 0.717) is 24.5 Å². The second-order valence-corrected chi connectivity index (χ2v) is 10.2. The molecule has 7 heteroatoms. The van der Waals surface area contributed by atoms with E-state index in [0.717, 1.165) is 0 Å². The Morgan fingerprint density at radius 1 is 0.935 bits per heavy atom. The summed E-state index contributed by atoms with van der Waals surface area (Å²) in [4.78, 5) is 1.24. The largest absolute Gasteiger partial charge is 0.490 e. The van der Waals surface area contributed by atoms with Gasteiger partial charge in [0.05, 0.1) is 17.4 Å². The van der Waals surface area contributed by atoms with Crippen molar-refractivity contribution in [3.8, 4) is 11.5 Å². The number of thiophene rings is 1. The van der Waals surface area contributed by atoms with Crippen molar-refractivity contribution < 1.29 is 17.9 Å². The Morgan fingerprint density at radius 3 is 2.48 bits per heavy atom. The number of fused-ring (bicyclic) bond motifs is 2. The van der Waals surface area contributed by atoms with Crippen LogP contribution in [-0.4, -0.2) is 21.1 Å². The molecule has 0 amide bonds. The average molecular weight is 452 g/mol. The van der Waals surface area contributed by atoms with Gasteiger partial charge in [-0.3, -0.25) is 0 Å². The van der Waals surface area contributed by atoms with Gasteiger partial charge in [0, 0.05) is 22.1 Å². The molecule has 0 bridgehead atoms. The van der Waals surface area contributed by atoms with Gasteiger partial charge in [0.1, 0.15) is 6.10 Å². The minimum Gasteiger partial charge on any atom is -0.490 e. The number of ether oxygens (including phenoxy) is 2. The predicted molar refractivity (Wildman–Crippen MR) is 122 cm³/mol. The summed E-state index contributed by atoms with van der Waals surface area (Å²) in [7, 11) is -3.81. The number of sulfonamides is 1. The van der Waals surface area contributed by atoms with Crippen LogP contribution in [0.15, 0.2) is 83.8 Å². The molecule has 2 N–H and O–H groups in total. The lowest BCUT2D eigenvalue weighted by Gasteiger charge is -2.26. The molecule has 1 aromatic heterocycles. The van der Waals surface area contributed by atoms with Gasteiger partial charge in [-0.25, -0.2) is 13.6 Å². The van der Waals surface area contributed by atoms with Gasteiger partial charge >= 0.3 is 0 Å². The molecule has 158 valence electrons. The van der Waals surface area contributed by atoms with Gasteiger partial charge in [0.25, 0.3) is 0 Å². The molecule has 0 saturated heterocycles. The highest BCUT2D eigenvalue weighted by molar-refractivity contribution is 7.89. The number of hydrogen-bond donors (Lipinski definition) is 1. The predicted octanol–water partition coefficient (Wildman–Crippen LogP) is 4.91. The Kier molecular flexibility index (Phi) is 5.17. The van der Waals surface area contributed by atoms with Gasteiger partial charge in [-0.15, -0.1) is 11.3 Å². The van der Waals surface area contributed by atoms with E-state index < -0.39 is 10.0 Å². The van der Waals surface area contributed by atoms with E-state index in [-0.39, 0.29) is 16.9 Å². The Morgan fingerprint density at radius 2 is 1.71 bits per heavy atom. The number of hydrogen-bond acceptors (Lipinski definition) is 5. The van der Waals surface area contributed by atoms with Crippen LogP contribution in [0.3, 0.4) is 0 Å². The first-order valence-corrected chi connectivity index (χ1v) is 12.3. The van der Waals surface area contributed by atoms with Gasteiger partial charge < -0.3 is 9.47 Å². The van der Waals surface area contributed by atoms with E-state index in [9.17, 15) is 8.42 Å². The molecule has 2 heterocycles. The summed E-state index contributed by atoms with van der Waals surface area (Å²) >= 11 is 1.77. The monoisotopic (exact) mass is 451 g/mol. The SMILES string of the molecule is NS(=O)(=O)c1ccc2c(c1)OCCC([C@@H](c1ccccc1)c1cc3ccccc3s1)O2. The highest BCUT2D eigenvalue weighted by Gasteiger charge is 2.31. The van der Waals surface area contributed by atoms with E-state index >= 15 is 0 Å². The van der Waals surface area contributed by atoms with Crippen molar-refractivity contribution in [2.75, 3.05) is 6.61 Å². The topological polar surface area (TPSA) is 78.6 Å². The maximum atomic E-state index is 11.7. The van der Waals surface area contributed by atoms with Crippen LogP contribution >= 0.6 is 11.3 Å². The minimum atomic E-state index is -3.81. The second-order valence-electron chi connectivity index (χ2n) is 7.52. The van der Waals surface area contributed by atoms with Crippen LogP contribution in [0, 0.1) is 0 Å². The molecule has 5 nitrogen and oxygen atoms in total. The van der Waals surface area contributed by atoms with E-state index in [1.54, 1.807) is 17.4 Å². The van der Waals surface area contributed by atoms with Crippen LogP contribution in [-0.2, 0) is 10.0 Å². The van der Waals surface area contributed by atoms with Crippen molar-refractivity contribution >= 4 is 31.4 Å². The molecule has 0 fully saturated rings. The zero-order chi connectivity index (χ0) is 21.4. The minimum absolute atomic E-state index is 0.0115. The van der Waals surface area contributed by atoms with E-state index in [1.807, 2.05) is 24.3 Å². The van der Waals surface area contributed by atoms with Crippen molar-refractivity contribution in [2.24, 2.45) is 5.14 Å². The average Bonchev–Trinajstić information content (AvgIpc) is 3.06. The normalized spacial score (nSPS) is 17.3. The summed E-state index contributed by atoms with van der Waals surface area (Å²) in [5.74, 6) is 0.945. The third-order valence-corrected chi connectivity index (χ3v) is 7.57. The quantitative estimate of drug-likeness (QED) is 0.478. The summed E-state index contributed by atoms with van der Waals surface area (Å²) in [6.07, 6.45) is 0.491. The first kappa shape index (κ1) is 20.1. The standard InChI is InChI=1S/C24H21NO4S2/c25-31(26,27)18-10-11-19-21(15-18)28-13-12-20(29-19)24(16-6-2-1-3-7-16)23-14-17-8-4-5-9-22(17)30-23/h1-11,14-15,20,24H,12-13H2,(H2,25,26,27)/t20?,24-/m1/s1. The van der Waals surface area contributed by atoms with Crippen molar-refractivity contribution in [1.82, 2.24) is 0 Å². The molecule has 1 aliphatic heterocycles. The van der Waals surface area contributed by atoms with Crippen LogP contribution in [0.2, 0.25) is 0 Å². The molecule has 31 heavy (non-hydrogen) atoms. The molecule has 0 spiro atoms. The molecule has 1 unspecified atom stereocenters. The smallest absolute Gasteiger partial charge is 0.238 e. The third-order valence-electron chi connectivity index (χ3n) is 5.46. The Hall–Kier alpha value is -2.87. The third kappa shape index (κ3) is 4.04. The Balaban J connectivity index is 1.57. The first-order valence-electron chi connectivity index (χ1n) is 9.99. The van der Waals surface area contributed by atoms with Crippen molar-refractivity contribution in [1.29, 1.82) is 0 Å². The molecule has 5 rings (SSSR count). The van der Waals surface area contributed by atoms with Crippen LogP contribution in [0.1, 0.15) is 22.8 Å². The fraction of sp³-hybridized carbons (Fsp3) is 0.167. The van der Waals surface area contributed by atoms with Gasteiger partial charge in [-0.05, 0) is 35.2 Å². The molecular formula is C24H21NO4S2. The fourth-order valence-electron chi connectivity index (χ4n) is 4.00. The van der Waals surface area contributed by atoms with Gasteiger partial charge in [-0.2, -0.15) is 0 Å². The number of nitrogens with two attached hydrogens (primary N) is 1. The van der Waals surface area contributed by atoms with Crippen LogP contribution in [0.25, 0.3) is 10.1 Å². The molecule has 3 aromatic carbocycles. The Bertz CT molecular complexity index is 1300. The summed E-state index contributed by atoms with van der Waals surface area (Å²) in [5.41, 5.74) is 1.17. The van der Waals surface area contributed by atoms with Gasteiger partial charge in [0.15, 0.2) is 11.5 Å². The maximum absolute atomic E-state index is 11.7. The van der Waals surface area contributed by atoms with E-state index in [2.05, 4.69) is 36.4 Å². The molecular weight excluding hydrogens is 430 g/mol. The molecule has 1 aliphatic rings. The molecule has 4 aromatic rings. The lowest BCUT2D eigenvalue weighted by molar-refractivity contribution is 0.174. The molecule has 0 aliphatic carbocycles. The van der Waals surface area contributed by atoms with Crippen LogP contribution in [0.4, 0.5) is 0 Å². The zero-order valence-electron chi connectivity index (χ0n) is 16.6. The molecule has 2 atom stereocenters. The van der Waals surface area contributed by atoms with Crippen molar-refractivity contribution in [3.63, 3.8) is 0 Å².